The van der Waals surface area contributed by atoms with Gasteiger partial charge in [0.05, 0.1) is 5.52 Å². The Bertz CT molecular complexity index is 729. The summed E-state index contributed by atoms with van der Waals surface area (Å²) in [4.78, 5) is 15.3. The summed E-state index contributed by atoms with van der Waals surface area (Å²) in [5.41, 5.74) is 1.30. The maximum absolute atomic E-state index is 12.2. The Hall–Kier alpha value is -2.00. The minimum absolute atomic E-state index is 0.0735. The van der Waals surface area contributed by atoms with E-state index in [1.807, 2.05) is 0 Å². The number of hydrogen-bond donors (Lipinski definition) is 2. The van der Waals surface area contributed by atoms with Crippen LogP contribution in [-0.2, 0) is 0 Å². The number of aromatic hydroxyl groups is 1. The number of halogens is 1. The van der Waals surface area contributed by atoms with Gasteiger partial charge in [-0.3, -0.25) is 4.79 Å². The summed E-state index contributed by atoms with van der Waals surface area (Å²) >= 11 is 5.87. The number of aromatic nitrogens is 1. The summed E-state index contributed by atoms with van der Waals surface area (Å²) in [6, 6.07) is 9.80. The number of phenolic OH excluding ortho intramolecular Hbond substituents is 1. The molecule has 0 aliphatic rings. The smallest absolute Gasteiger partial charge is 0.197 e. The average molecular weight is 246 g/mol. The van der Waals surface area contributed by atoms with E-state index in [1.165, 1.54) is 6.07 Å². The molecule has 2 aromatic carbocycles. The van der Waals surface area contributed by atoms with Crippen LogP contribution in [0.25, 0.3) is 21.8 Å². The molecular weight excluding hydrogens is 238 g/mol. The van der Waals surface area contributed by atoms with Crippen LogP contribution in [0.15, 0.2) is 41.2 Å². The molecule has 0 bridgehead atoms. The first-order valence-corrected chi connectivity index (χ1v) is 5.47. The van der Waals surface area contributed by atoms with Gasteiger partial charge in [-0.05, 0) is 36.4 Å². The van der Waals surface area contributed by atoms with Crippen LogP contribution in [0.3, 0.4) is 0 Å². The monoisotopic (exact) mass is 245 g/mol. The Balaban J connectivity index is 2.58. The molecule has 0 atom stereocenters. The molecule has 0 radical (unpaired) electrons. The van der Waals surface area contributed by atoms with E-state index in [4.69, 9.17) is 11.6 Å². The third-order valence-corrected chi connectivity index (χ3v) is 2.98. The molecule has 4 heteroatoms. The Morgan fingerprint density at radius 1 is 1.00 bits per heavy atom. The van der Waals surface area contributed by atoms with Gasteiger partial charge in [-0.1, -0.05) is 11.6 Å². The van der Waals surface area contributed by atoms with Crippen molar-refractivity contribution in [3.63, 3.8) is 0 Å². The van der Waals surface area contributed by atoms with Crippen LogP contribution >= 0.6 is 11.6 Å². The van der Waals surface area contributed by atoms with Crippen LogP contribution < -0.4 is 5.43 Å². The molecule has 0 fully saturated rings. The zero-order valence-corrected chi connectivity index (χ0v) is 9.45. The maximum Gasteiger partial charge on any atom is 0.197 e. The van der Waals surface area contributed by atoms with Crippen LogP contribution in [0, 0.1) is 0 Å². The van der Waals surface area contributed by atoms with E-state index >= 15 is 0 Å². The van der Waals surface area contributed by atoms with E-state index in [-0.39, 0.29) is 11.2 Å². The largest absolute Gasteiger partial charge is 0.508 e. The van der Waals surface area contributed by atoms with Gasteiger partial charge in [-0.15, -0.1) is 0 Å². The molecule has 17 heavy (non-hydrogen) atoms. The lowest BCUT2D eigenvalue weighted by atomic mass is 10.1. The van der Waals surface area contributed by atoms with Crippen molar-refractivity contribution in [3.05, 3.63) is 51.6 Å². The van der Waals surface area contributed by atoms with Gasteiger partial charge in [-0.2, -0.15) is 0 Å². The van der Waals surface area contributed by atoms with E-state index in [1.54, 1.807) is 30.3 Å². The predicted molar refractivity (Wildman–Crippen MR) is 68.7 cm³/mol. The number of nitrogens with one attached hydrogen (secondary N) is 1. The lowest BCUT2D eigenvalue weighted by Crippen LogP contribution is -2.03. The second kappa shape index (κ2) is 3.50. The van der Waals surface area contributed by atoms with Crippen molar-refractivity contribution in [2.24, 2.45) is 0 Å². The van der Waals surface area contributed by atoms with Gasteiger partial charge in [0.25, 0.3) is 0 Å². The molecule has 0 amide bonds. The molecule has 3 rings (SSSR count). The van der Waals surface area contributed by atoms with Gasteiger partial charge in [-0.25, -0.2) is 0 Å². The van der Waals surface area contributed by atoms with Crippen LogP contribution in [0.5, 0.6) is 5.75 Å². The van der Waals surface area contributed by atoms with Crippen molar-refractivity contribution in [2.45, 2.75) is 0 Å². The van der Waals surface area contributed by atoms with E-state index in [0.717, 1.165) is 5.52 Å². The Labute approximate surface area is 101 Å². The van der Waals surface area contributed by atoms with Crippen LogP contribution in [0.2, 0.25) is 5.02 Å². The molecule has 0 aliphatic heterocycles. The molecule has 3 nitrogen and oxygen atoms in total. The molecular formula is C13H8ClNO2. The second-order valence-electron chi connectivity index (χ2n) is 3.87. The van der Waals surface area contributed by atoms with Crippen molar-refractivity contribution in [1.29, 1.82) is 0 Å². The number of benzene rings is 2. The van der Waals surface area contributed by atoms with Crippen molar-refractivity contribution < 1.29 is 5.11 Å². The summed E-state index contributed by atoms with van der Waals surface area (Å²) in [7, 11) is 0. The van der Waals surface area contributed by atoms with Gasteiger partial charge in [0.15, 0.2) is 5.43 Å². The topological polar surface area (TPSA) is 53.1 Å². The standard InChI is InChI=1S/C13H8ClNO2/c14-7-1-3-11-9(5-7)13(17)10-6-8(16)2-4-12(10)15-11/h1-6,16H,(H,15,17). The molecule has 1 aromatic heterocycles. The van der Waals surface area contributed by atoms with E-state index in [9.17, 15) is 9.90 Å². The lowest BCUT2D eigenvalue weighted by Gasteiger charge is -2.03. The average Bonchev–Trinajstić information content (AvgIpc) is 2.32. The molecule has 0 spiro atoms. The van der Waals surface area contributed by atoms with Crippen LogP contribution in [0.4, 0.5) is 0 Å². The zero-order chi connectivity index (χ0) is 12.0. The normalized spacial score (nSPS) is 11.1. The minimum Gasteiger partial charge on any atom is -0.508 e. The van der Waals surface area contributed by atoms with E-state index in [2.05, 4.69) is 4.98 Å². The number of rotatable bonds is 0. The number of H-pyrrole nitrogens is 1. The molecule has 1 heterocycles. The zero-order valence-electron chi connectivity index (χ0n) is 8.70. The fourth-order valence-corrected chi connectivity index (χ4v) is 2.10. The molecule has 84 valence electrons. The quantitative estimate of drug-likeness (QED) is 0.598. The molecule has 0 saturated heterocycles. The SMILES string of the molecule is O=c1c2cc(O)ccc2[nH]c2ccc(Cl)cc12. The van der Waals surface area contributed by atoms with Gasteiger partial charge >= 0.3 is 0 Å². The highest BCUT2D eigenvalue weighted by molar-refractivity contribution is 6.31. The first-order valence-electron chi connectivity index (χ1n) is 5.09. The summed E-state index contributed by atoms with van der Waals surface area (Å²) in [5.74, 6) is 0.0735. The van der Waals surface area contributed by atoms with Gasteiger partial charge in [0, 0.05) is 21.3 Å². The predicted octanol–water partition coefficient (Wildman–Crippen LogP) is 3.04. The Kier molecular flexibility index (Phi) is 2.09. The highest BCUT2D eigenvalue weighted by atomic mass is 35.5. The van der Waals surface area contributed by atoms with Gasteiger partial charge in [0.1, 0.15) is 5.75 Å². The molecule has 3 aromatic rings. The van der Waals surface area contributed by atoms with Crippen molar-refractivity contribution in [2.75, 3.05) is 0 Å². The summed E-state index contributed by atoms with van der Waals surface area (Å²) in [6.45, 7) is 0. The molecule has 0 saturated carbocycles. The highest BCUT2D eigenvalue weighted by Gasteiger charge is 2.06. The minimum atomic E-state index is -0.132. The number of aromatic amines is 1. The summed E-state index contributed by atoms with van der Waals surface area (Å²) in [5, 5.41) is 10.9. The number of phenols is 1. The summed E-state index contributed by atoms with van der Waals surface area (Å²) < 4.78 is 0. The second-order valence-corrected chi connectivity index (χ2v) is 4.31. The maximum atomic E-state index is 12.2. The third-order valence-electron chi connectivity index (χ3n) is 2.74. The highest BCUT2D eigenvalue weighted by Crippen LogP contribution is 2.20. The van der Waals surface area contributed by atoms with Gasteiger partial charge in [0.2, 0.25) is 0 Å². The number of hydrogen-bond acceptors (Lipinski definition) is 2. The fraction of sp³-hybridized carbons (Fsp3) is 0. The van der Waals surface area contributed by atoms with Crippen molar-refractivity contribution in [3.8, 4) is 5.75 Å². The number of fused-ring (bicyclic) bond motifs is 2. The molecule has 2 N–H and O–H groups in total. The van der Waals surface area contributed by atoms with Crippen molar-refractivity contribution in [1.82, 2.24) is 4.98 Å². The van der Waals surface area contributed by atoms with Crippen LogP contribution in [-0.4, -0.2) is 10.1 Å². The Morgan fingerprint density at radius 2 is 1.65 bits per heavy atom. The lowest BCUT2D eigenvalue weighted by molar-refractivity contribution is 0.476. The Morgan fingerprint density at radius 3 is 2.41 bits per heavy atom. The van der Waals surface area contributed by atoms with Gasteiger partial charge < -0.3 is 10.1 Å². The first kappa shape index (κ1) is 10.2. The first-order chi connectivity index (χ1) is 8.15. The molecule has 0 aliphatic carbocycles. The number of pyridine rings is 1. The molecule has 0 unspecified atom stereocenters. The van der Waals surface area contributed by atoms with E-state index < -0.39 is 0 Å². The summed E-state index contributed by atoms with van der Waals surface area (Å²) in [6.07, 6.45) is 0. The van der Waals surface area contributed by atoms with E-state index in [0.29, 0.717) is 21.3 Å². The fourth-order valence-electron chi connectivity index (χ4n) is 1.93. The van der Waals surface area contributed by atoms with Crippen LogP contribution in [0.1, 0.15) is 0 Å². The third kappa shape index (κ3) is 1.56. The van der Waals surface area contributed by atoms with Crippen molar-refractivity contribution >= 4 is 33.4 Å².